The van der Waals surface area contributed by atoms with Crippen molar-refractivity contribution in [3.63, 3.8) is 0 Å². The van der Waals surface area contributed by atoms with Crippen molar-refractivity contribution in [3.05, 3.63) is 23.8 Å². The van der Waals surface area contributed by atoms with Crippen molar-refractivity contribution < 1.29 is 17.9 Å². The monoisotopic (exact) mass is 382 g/mol. The van der Waals surface area contributed by atoms with E-state index in [0.29, 0.717) is 37.6 Å². The van der Waals surface area contributed by atoms with Crippen LogP contribution in [-0.4, -0.2) is 45.4 Å². The van der Waals surface area contributed by atoms with Gasteiger partial charge in [-0.05, 0) is 49.8 Å². The molecule has 0 aromatic heterocycles. The lowest BCUT2D eigenvalue weighted by Crippen LogP contribution is -2.45. The van der Waals surface area contributed by atoms with E-state index in [9.17, 15) is 13.2 Å². The molecule has 1 aromatic carbocycles. The molecule has 7 heteroatoms. The number of ether oxygens (including phenoxy) is 1. The number of aryl methyl sites for hydroxylation is 1. The summed E-state index contributed by atoms with van der Waals surface area (Å²) >= 11 is 0. The third-order valence-electron chi connectivity index (χ3n) is 4.71. The number of rotatable bonds is 7. The standard InChI is InChI=1S/C19H30N2O4S/c1-14(2)9-10-20-19(22)16-6-5-11-21(13-16)26(23,24)18-12-15(3)7-8-17(18)25-4/h7-8,12,14,16H,5-6,9-11,13H2,1-4H3,(H,20,22). The minimum Gasteiger partial charge on any atom is -0.495 e. The number of benzene rings is 1. The molecule has 6 nitrogen and oxygen atoms in total. The number of carbonyl (C=O) groups excluding carboxylic acids is 1. The van der Waals surface area contributed by atoms with Crippen LogP contribution in [0.25, 0.3) is 0 Å². The number of nitrogens with one attached hydrogen (secondary N) is 1. The Hall–Kier alpha value is -1.60. The average Bonchev–Trinajstić information content (AvgIpc) is 2.61. The fraction of sp³-hybridized carbons (Fsp3) is 0.632. The van der Waals surface area contributed by atoms with E-state index < -0.39 is 10.0 Å². The van der Waals surface area contributed by atoms with E-state index in [-0.39, 0.29) is 23.3 Å². The molecular formula is C19H30N2O4S. The highest BCUT2D eigenvalue weighted by molar-refractivity contribution is 7.89. The molecule has 1 aliphatic heterocycles. The van der Waals surface area contributed by atoms with Gasteiger partial charge in [0.25, 0.3) is 0 Å². The first-order valence-electron chi connectivity index (χ1n) is 9.18. The molecule has 0 bridgehead atoms. The molecule has 1 heterocycles. The van der Waals surface area contributed by atoms with Gasteiger partial charge < -0.3 is 10.1 Å². The first kappa shape index (κ1) is 20.7. The quantitative estimate of drug-likeness (QED) is 0.786. The molecule has 1 N–H and O–H groups in total. The van der Waals surface area contributed by atoms with Gasteiger partial charge in [0.05, 0.1) is 13.0 Å². The Morgan fingerprint density at radius 2 is 2.12 bits per heavy atom. The first-order valence-corrected chi connectivity index (χ1v) is 10.6. The molecule has 1 atom stereocenters. The molecule has 1 aliphatic rings. The summed E-state index contributed by atoms with van der Waals surface area (Å²) in [5, 5.41) is 2.94. The zero-order valence-electron chi connectivity index (χ0n) is 16.1. The predicted molar refractivity (Wildman–Crippen MR) is 102 cm³/mol. The number of hydrogen-bond acceptors (Lipinski definition) is 4. The van der Waals surface area contributed by atoms with Crippen molar-refractivity contribution in [2.24, 2.45) is 11.8 Å². The van der Waals surface area contributed by atoms with Crippen LogP contribution in [0.3, 0.4) is 0 Å². The average molecular weight is 383 g/mol. The zero-order valence-corrected chi connectivity index (χ0v) is 16.9. The van der Waals surface area contributed by atoms with Gasteiger partial charge in [0.1, 0.15) is 10.6 Å². The van der Waals surface area contributed by atoms with Gasteiger partial charge in [-0.3, -0.25) is 4.79 Å². The summed E-state index contributed by atoms with van der Waals surface area (Å²) in [5.41, 5.74) is 0.851. The summed E-state index contributed by atoms with van der Waals surface area (Å²) in [6.45, 7) is 7.33. The minimum absolute atomic E-state index is 0.0539. The number of methoxy groups -OCH3 is 1. The van der Waals surface area contributed by atoms with E-state index in [1.54, 1.807) is 12.1 Å². The lowest BCUT2D eigenvalue weighted by Gasteiger charge is -2.31. The van der Waals surface area contributed by atoms with Gasteiger partial charge in [-0.15, -0.1) is 0 Å². The fourth-order valence-corrected chi connectivity index (χ4v) is 4.89. The molecule has 26 heavy (non-hydrogen) atoms. The van der Waals surface area contributed by atoms with Gasteiger partial charge in [-0.2, -0.15) is 4.31 Å². The molecule has 1 unspecified atom stereocenters. The van der Waals surface area contributed by atoms with E-state index in [2.05, 4.69) is 19.2 Å². The Morgan fingerprint density at radius 1 is 1.38 bits per heavy atom. The summed E-state index contributed by atoms with van der Waals surface area (Å²) in [5.74, 6) is 0.495. The van der Waals surface area contributed by atoms with Crippen LogP contribution in [0.2, 0.25) is 0 Å². The Labute approximate surface area is 157 Å². The third-order valence-corrected chi connectivity index (χ3v) is 6.60. The number of sulfonamides is 1. The van der Waals surface area contributed by atoms with Crippen LogP contribution in [0.15, 0.2) is 23.1 Å². The smallest absolute Gasteiger partial charge is 0.246 e. The summed E-state index contributed by atoms with van der Waals surface area (Å²) in [6, 6.07) is 5.11. The van der Waals surface area contributed by atoms with Gasteiger partial charge in [-0.25, -0.2) is 8.42 Å². The maximum Gasteiger partial charge on any atom is 0.246 e. The van der Waals surface area contributed by atoms with Crippen molar-refractivity contribution in [2.75, 3.05) is 26.7 Å². The predicted octanol–water partition coefficient (Wildman–Crippen LogP) is 2.57. The van der Waals surface area contributed by atoms with Gasteiger partial charge >= 0.3 is 0 Å². The van der Waals surface area contributed by atoms with Crippen molar-refractivity contribution in [3.8, 4) is 5.75 Å². The van der Waals surface area contributed by atoms with E-state index in [0.717, 1.165) is 12.0 Å². The highest BCUT2D eigenvalue weighted by atomic mass is 32.2. The molecule has 0 radical (unpaired) electrons. The maximum atomic E-state index is 13.1. The second kappa shape index (κ2) is 8.86. The van der Waals surface area contributed by atoms with Gasteiger partial charge in [0.15, 0.2) is 0 Å². The molecule has 0 spiro atoms. The van der Waals surface area contributed by atoms with E-state index in [1.165, 1.54) is 11.4 Å². The number of nitrogens with zero attached hydrogens (tertiary/aromatic N) is 1. The molecular weight excluding hydrogens is 352 g/mol. The minimum atomic E-state index is -3.70. The first-order chi connectivity index (χ1) is 12.3. The van der Waals surface area contributed by atoms with E-state index >= 15 is 0 Å². The van der Waals surface area contributed by atoms with Crippen molar-refractivity contribution >= 4 is 15.9 Å². The lowest BCUT2D eigenvalue weighted by molar-refractivity contribution is -0.126. The van der Waals surface area contributed by atoms with Gasteiger partial charge in [-0.1, -0.05) is 19.9 Å². The molecule has 1 fully saturated rings. The Bertz CT molecular complexity index is 731. The van der Waals surface area contributed by atoms with Crippen LogP contribution < -0.4 is 10.1 Å². The van der Waals surface area contributed by atoms with Crippen LogP contribution in [0.5, 0.6) is 5.75 Å². The van der Waals surface area contributed by atoms with Crippen LogP contribution >= 0.6 is 0 Å². The second-order valence-electron chi connectivity index (χ2n) is 7.33. The second-order valence-corrected chi connectivity index (χ2v) is 9.24. The molecule has 1 amide bonds. The molecule has 2 rings (SSSR count). The normalized spacial score (nSPS) is 18.7. The number of piperidine rings is 1. The van der Waals surface area contributed by atoms with Crippen LogP contribution in [0.1, 0.15) is 38.7 Å². The summed E-state index contributed by atoms with van der Waals surface area (Å²) < 4.78 is 32.9. The topological polar surface area (TPSA) is 75.7 Å². The Kier molecular flexibility index (Phi) is 7.06. The van der Waals surface area contributed by atoms with E-state index in [4.69, 9.17) is 4.74 Å². The Morgan fingerprint density at radius 3 is 2.77 bits per heavy atom. The maximum absolute atomic E-state index is 13.1. The van der Waals surface area contributed by atoms with Crippen LogP contribution in [0.4, 0.5) is 0 Å². The Balaban J connectivity index is 2.13. The summed E-state index contributed by atoms with van der Waals surface area (Å²) in [6.07, 6.45) is 2.31. The summed E-state index contributed by atoms with van der Waals surface area (Å²) in [7, 11) is -2.24. The van der Waals surface area contributed by atoms with Crippen LogP contribution in [-0.2, 0) is 14.8 Å². The number of carbonyl (C=O) groups is 1. The molecule has 1 aromatic rings. The zero-order chi connectivity index (χ0) is 19.3. The number of hydrogen-bond donors (Lipinski definition) is 1. The largest absolute Gasteiger partial charge is 0.495 e. The van der Waals surface area contributed by atoms with Crippen molar-refractivity contribution in [1.82, 2.24) is 9.62 Å². The van der Waals surface area contributed by atoms with Crippen molar-refractivity contribution in [2.45, 2.75) is 44.9 Å². The highest BCUT2D eigenvalue weighted by Crippen LogP contribution is 2.30. The lowest BCUT2D eigenvalue weighted by atomic mass is 9.98. The SMILES string of the molecule is COc1ccc(C)cc1S(=O)(=O)N1CCCC(C(=O)NCCC(C)C)C1. The highest BCUT2D eigenvalue weighted by Gasteiger charge is 2.34. The van der Waals surface area contributed by atoms with Crippen LogP contribution in [0, 0.1) is 18.8 Å². The molecule has 0 saturated carbocycles. The molecule has 1 saturated heterocycles. The van der Waals surface area contributed by atoms with Crippen molar-refractivity contribution in [1.29, 1.82) is 0 Å². The van der Waals surface area contributed by atoms with E-state index in [1.807, 2.05) is 13.0 Å². The molecule has 146 valence electrons. The summed E-state index contributed by atoms with van der Waals surface area (Å²) in [4.78, 5) is 12.6. The molecule has 0 aliphatic carbocycles. The van der Waals surface area contributed by atoms with Gasteiger partial charge in [0.2, 0.25) is 15.9 Å². The number of amides is 1. The fourth-order valence-electron chi connectivity index (χ4n) is 3.13. The third kappa shape index (κ3) is 4.98. The van der Waals surface area contributed by atoms with Gasteiger partial charge in [0, 0.05) is 19.6 Å².